The minimum atomic E-state index is -0.257. The molecule has 1 aromatic heterocycles. The Morgan fingerprint density at radius 1 is 1.43 bits per heavy atom. The van der Waals surface area contributed by atoms with Gasteiger partial charge in [-0.15, -0.1) is 0 Å². The molecule has 6 nitrogen and oxygen atoms in total. The zero-order valence-electron chi connectivity index (χ0n) is 11.8. The Morgan fingerprint density at radius 3 is 3.00 bits per heavy atom. The van der Waals surface area contributed by atoms with Gasteiger partial charge in [0.05, 0.1) is 30.4 Å². The normalized spacial score (nSPS) is 17.1. The Morgan fingerprint density at radius 2 is 2.24 bits per heavy atom. The van der Waals surface area contributed by atoms with Crippen LogP contribution in [0.2, 0.25) is 0 Å². The number of H-pyrrole nitrogens is 1. The SMILES string of the molecule is CCOc1ccc(NC(=O)C2Cc3nc[nH]c3CN2)cc1. The first kappa shape index (κ1) is 13.6. The number of nitrogens with one attached hydrogen (secondary N) is 3. The number of benzene rings is 1. The molecule has 3 N–H and O–H groups in total. The first-order valence-corrected chi connectivity index (χ1v) is 7.04. The predicted octanol–water partition coefficient (Wildman–Crippen LogP) is 1.46. The number of fused-ring (bicyclic) bond motifs is 1. The maximum absolute atomic E-state index is 12.3. The van der Waals surface area contributed by atoms with E-state index in [2.05, 4.69) is 20.6 Å². The maximum Gasteiger partial charge on any atom is 0.241 e. The number of aromatic amines is 1. The number of carbonyl (C=O) groups excluding carboxylic acids is 1. The van der Waals surface area contributed by atoms with Crippen molar-refractivity contribution in [3.63, 3.8) is 0 Å². The molecule has 1 amide bonds. The fourth-order valence-electron chi connectivity index (χ4n) is 2.39. The molecule has 1 aliphatic heterocycles. The van der Waals surface area contributed by atoms with Gasteiger partial charge >= 0.3 is 0 Å². The van der Waals surface area contributed by atoms with Crippen LogP contribution in [0.4, 0.5) is 5.69 Å². The molecule has 2 aromatic rings. The molecular formula is C15H18N4O2. The maximum atomic E-state index is 12.3. The molecule has 0 radical (unpaired) electrons. The Labute approximate surface area is 122 Å². The van der Waals surface area contributed by atoms with Gasteiger partial charge in [0.1, 0.15) is 5.75 Å². The van der Waals surface area contributed by atoms with Crippen LogP contribution in [0.25, 0.3) is 0 Å². The molecule has 2 heterocycles. The largest absolute Gasteiger partial charge is 0.494 e. The highest BCUT2D eigenvalue weighted by Gasteiger charge is 2.25. The average molecular weight is 286 g/mol. The molecule has 21 heavy (non-hydrogen) atoms. The van der Waals surface area contributed by atoms with E-state index in [1.807, 2.05) is 31.2 Å². The summed E-state index contributed by atoms with van der Waals surface area (Å²) in [4.78, 5) is 19.6. The molecule has 1 atom stereocenters. The van der Waals surface area contributed by atoms with E-state index in [0.29, 0.717) is 19.6 Å². The first-order valence-electron chi connectivity index (χ1n) is 7.04. The van der Waals surface area contributed by atoms with Crippen molar-refractivity contribution >= 4 is 11.6 Å². The molecule has 110 valence electrons. The topological polar surface area (TPSA) is 79.0 Å². The Kier molecular flexibility index (Phi) is 3.87. The minimum Gasteiger partial charge on any atom is -0.494 e. The average Bonchev–Trinajstić information content (AvgIpc) is 2.97. The van der Waals surface area contributed by atoms with Gasteiger partial charge in [-0.2, -0.15) is 0 Å². The first-order chi connectivity index (χ1) is 10.3. The van der Waals surface area contributed by atoms with Gasteiger partial charge in [-0.05, 0) is 31.2 Å². The summed E-state index contributed by atoms with van der Waals surface area (Å²) < 4.78 is 5.38. The number of hydrogen-bond donors (Lipinski definition) is 3. The van der Waals surface area contributed by atoms with Crippen LogP contribution in [0.5, 0.6) is 5.75 Å². The number of hydrogen-bond acceptors (Lipinski definition) is 4. The fraction of sp³-hybridized carbons (Fsp3) is 0.333. The van der Waals surface area contributed by atoms with Crippen LogP contribution in [-0.2, 0) is 17.8 Å². The van der Waals surface area contributed by atoms with Crippen molar-refractivity contribution in [2.75, 3.05) is 11.9 Å². The van der Waals surface area contributed by atoms with Crippen molar-refractivity contribution in [2.24, 2.45) is 0 Å². The van der Waals surface area contributed by atoms with Gasteiger partial charge in [0.25, 0.3) is 0 Å². The quantitative estimate of drug-likeness (QED) is 0.795. The number of aromatic nitrogens is 2. The molecule has 0 fully saturated rings. The summed E-state index contributed by atoms with van der Waals surface area (Å²) in [5.41, 5.74) is 2.78. The van der Waals surface area contributed by atoms with Gasteiger partial charge in [0.15, 0.2) is 0 Å². The molecule has 0 saturated heterocycles. The van der Waals surface area contributed by atoms with E-state index in [1.54, 1.807) is 6.33 Å². The summed E-state index contributed by atoms with van der Waals surface area (Å²) >= 11 is 0. The van der Waals surface area contributed by atoms with Crippen LogP contribution in [0, 0.1) is 0 Å². The third-order valence-electron chi connectivity index (χ3n) is 3.48. The summed E-state index contributed by atoms with van der Waals surface area (Å²) in [6, 6.07) is 7.11. The molecular weight excluding hydrogens is 268 g/mol. The molecule has 0 saturated carbocycles. The molecule has 0 aliphatic carbocycles. The lowest BCUT2D eigenvalue weighted by Crippen LogP contribution is -2.44. The van der Waals surface area contributed by atoms with E-state index in [1.165, 1.54) is 0 Å². The number of carbonyl (C=O) groups is 1. The van der Waals surface area contributed by atoms with Crippen LogP contribution in [0.1, 0.15) is 18.3 Å². The number of nitrogens with zero attached hydrogens (tertiary/aromatic N) is 1. The zero-order valence-corrected chi connectivity index (χ0v) is 11.8. The lowest BCUT2D eigenvalue weighted by molar-refractivity contribution is -0.118. The number of ether oxygens (including phenoxy) is 1. The summed E-state index contributed by atoms with van der Waals surface area (Å²) in [5.74, 6) is 0.750. The monoisotopic (exact) mass is 286 g/mol. The van der Waals surface area contributed by atoms with Gasteiger partial charge in [0.2, 0.25) is 5.91 Å². The van der Waals surface area contributed by atoms with Crippen LogP contribution < -0.4 is 15.4 Å². The summed E-state index contributed by atoms with van der Waals surface area (Å²) in [6.07, 6.45) is 2.26. The van der Waals surface area contributed by atoms with Crippen LogP contribution in [-0.4, -0.2) is 28.5 Å². The third-order valence-corrected chi connectivity index (χ3v) is 3.48. The molecule has 0 bridgehead atoms. The van der Waals surface area contributed by atoms with E-state index in [4.69, 9.17) is 4.74 Å². The fourth-order valence-corrected chi connectivity index (χ4v) is 2.39. The highest BCUT2D eigenvalue weighted by atomic mass is 16.5. The smallest absolute Gasteiger partial charge is 0.241 e. The van der Waals surface area contributed by atoms with Crippen molar-refractivity contribution in [3.05, 3.63) is 42.0 Å². The number of rotatable bonds is 4. The van der Waals surface area contributed by atoms with Gasteiger partial charge in [-0.3, -0.25) is 10.1 Å². The van der Waals surface area contributed by atoms with Crippen LogP contribution in [0.3, 0.4) is 0 Å². The van der Waals surface area contributed by atoms with E-state index in [0.717, 1.165) is 22.8 Å². The Hall–Kier alpha value is -2.34. The zero-order chi connectivity index (χ0) is 14.7. The Bertz CT molecular complexity index is 621. The highest BCUT2D eigenvalue weighted by Crippen LogP contribution is 2.17. The Balaban J connectivity index is 1.61. The predicted molar refractivity (Wildman–Crippen MR) is 79.2 cm³/mol. The van der Waals surface area contributed by atoms with Crippen molar-refractivity contribution in [1.82, 2.24) is 15.3 Å². The summed E-state index contributed by atoms with van der Waals surface area (Å²) in [5, 5.41) is 6.11. The van der Waals surface area contributed by atoms with E-state index < -0.39 is 0 Å². The number of imidazole rings is 1. The molecule has 1 aromatic carbocycles. The molecule has 0 spiro atoms. The lowest BCUT2D eigenvalue weighted by Gasteiger charge is -2.22. The van der Waals surface area contributed by atoms with Gasteiger partial charge < -0.3 is 15.0 Å². The standard InChI is InChI=1S/C15H18N4O2/c1-2-21-11-5-3-10(4-6-11)19-15(20)13-7-12-14(8-16-13)18-9-17-12/h3-6,9,13,16H,2,7-8H2,1H3,(H,17,18)(H,19,20). The van der Waals surface area contributed by atoms with Gasteiger partial charge in [0, 0.05) is 18.7 Å². The second kappa shape index (κ2) is 5.97. The van der Waals surface area contributed by atoms with Crippen molar-refractivity contribution in [1.29, 1.82) is 0 Å². The highest BCUT2D eigenvalue weighted by molar-refractivity contribution is 5.95. The van der Waals surface area contributed by atoms with E-state index >= 15 is 0 Å². The van der Waals surface area contributed by atoms with E-state index in [9.17, 15) is 4.79 Å². The van der Waals surface area contributed by atoms with Crippen LogP contribution in [0.15, 0.2) is 30.6 Å². The van der Waals surface area contributed by atoms with Gasteiger partial charge in [-0.25, -0.2) is 4.98 Å². The molecule has 6 heteroatoms. The third kappa shape index (κ3) is 3.05. The summed E-state index contributed by atoms with van der Waals surface area (Å²) in [6.45, 7) is 3.20. The van der Waals surface area contributed by atoms with Crippen molar-refractivity contribution < 1.29 is 9.53 Å². The van der Waals surface area contributed by atoms with Crippen molar-refractivity contribution in [3.8, 4) is 5.75 Å². The van der Waals surface area contributed by atoms with Crippen molar-refractivity contribution in [2.45, 2.75) is 25.9 Å². The van der Waals surface area contributed by atoms with Gasteiger partial charge in [-0.1, -0.05) is 0 Å². The lowest BCUT2D eigenvalue weighted by atomic mass is 10.0. The number of amides is 1. The van der Waals surface area contributed by atoms with E-state index in [-0.39, 0.29) is 11.9 Å². The number of anilines is 1. The summed E-state index contributed by atoms with van der Waals surface area (Å²) in [7, 11) is 0. The molecule has 1 unspecified atom stereocenters. The second-order valence-corrected chi connectivity index (χ2v) is 4.91. The molecule has 1 aliphatic rings. The van der Waals surface area contributed by atoms with Crippen LogP contribution >= 0.6 is 0 Å². The molecule has 3 rings (SSSR count). The minimum absolute atomic E-state index is 0.0483. The second-order valence-electron chi connectivity index (χ2n) is 4.91.